The van der Waals surface area contributed by atoms with Crippen LogP contribution in [0.25, 0.3) is 0 Å². The van der Waals surface area contributed by atoms with Crippen LogP contribution in [-0.4, -0.2) is 215 Å². The molecule has 24 nitrogen and oxygen atoms in total. The number of rotatable bonds is 34. The first-order chi connectivity index (χ1) is 33.9. The first-order valence-corrected chi connectivity index (χ1v) is 24.7. The quantitative estimate of drug-likeness (QED) is 0.0450. The van der Waals surface area contributed by atoms with Crippen LogP contribution in [-0.2, 0) is 64.5 Å². The highest BCUT2D eigenvalue weighted by Gasteiger charge is 2.26. The highest BCUT2D eigenvalue weighted by atomic mass is 16.4. The number of ketones is 2. The van der Waals surface area contributed by atoms with E-state index in [2.05, 4.69) is 27.5 Å². The van der Waals surface area contributed by atoms with E-state index in [-0.39, 0.29) is 82.2 Å². The number of carboxylic acids is 4. The second kappa shape index (κ2) is 33.1. The molecule has 1 saturated heterocycles. The molecule has 0 aromatic carbocycles. The average molecular weight is 1000 g/mol. The van der Waals surface area contributed by atoms with Crippen LogP contribution in [0.2, 0.25) is 0 Å². The average Bonchev–Trinajstić information content (AvgIpc) is 3.93. The van der Waals surface area contributed by atoms with E-state index < -0.39 is 35.8 Å². The summed E-state index contributed by atoms with van der Waals surface area (Å²) in [5.41, 5.74) is 6.39. The van der Waals surface area contributed by atoms with E-state index in [1.165, 1.54) is 28.5 Å². The Bertz CT molecular complexity index is 1910. The number of imidazole rings is 2. The van der Waals surface area contributed by atoms with Gasteiger partial charge in [-0.1, -0.05) is 26.2 Å². The Hall–Kier alpha value is -5.66. The second-order valence-electron chi connectivity index (χ2n) is 18.3. The Morgan fingerprint density at radius 3 is 1.54 bits per heavy atom. The predicted octanol–water partition coefficient (Wildman–Crippen LogP) is -0.103. The standard InChI is InChI=1S/C47H78N12O12/c1-3-4-7-13-52-47(71)37(10-6-9-16-57(29-40-49-14-17-58(40)34-45(67)68)30-41-50-15-18-59(41)35-46(69)70)27-39(61)38(48)11-5-8-12-51-42(62)31-54-21-25-55(32-43(63)64)23-19-53(28-36(2)60)20-24-56(26-22-54)33-44(65)66/h14-15,17-18,37-38H,3-13,16,19-35,48H2,1-2H3,(H,51,62)(H,52,71)(H,63,64)(H,65,66)(H,67,68)(H,69,70)/t37-,38+/m1/s1. The molecular weight excluding hydrogens is 925 g/mol. The fraction of sp³-hybridized carbons (Fsp3) is 0.702. The number of hydrogen-bond donors (Lipinski definition) is 7. The zero-order valence-electron chi connectivity index (χ0n) is 41.6. The number of amides is 2. The largest absolute Gasteiger partial charge is 0.480 e. The molecule has 0 aliphatic carbocycles. The van der Waals surface area contributed by atoms with E-state index in [9.17, 15) is 58.8 Å². The lowest BCUT2D eigenvalue weighted by Gasteiger charge is -2.33. The number of nitrogens with one attached hydrogen (secondary N) is 2. The van der Waals surface area contributed by atoms with Crippen molar-refractivity contribution in [1.82, 2.24) is 54.2 Å². The number of hydrogen-bond acceptors (Lipinski definition) is 16. The molecule has 24 heteroatoms. The number of carbonyl (C=O) groups excluding carboxylic acids is 4. The summed E-state index contributed by atoms with van der Waals surface area (Å²) in [6, 6.07) is -0.819. The van der Waals surface area contributed by atoms with E-state index in [1.807, 2.05) is 14.7 Å². The van der Waals surface area contributed by atoms with Crippen molar-refractivity contribution in [2.24, 2.45) is 11.7 Å². The minimum Gasteiger partial charge on any atom is -0.480 e. The molecule has 1 aliphatic heterocycles. The Labute approximate surface area is 415 Å². The highest BCUT2D eigenvalue weighted by Crippen LogP contribution is 2.18. The van der Waals surface area contributed by atoms with Gasteiger partial charge in [-0.3, -0.25) is 62.9 Å². The van der Waals surface area contributed by atoms with Gasteiger partial charge in [0.2, 0.25) is 11.8 Å². The molecule has 2 amide bonds. The van der Waals surface area contributed by atoms with Crippen LogP contribution in [0.3, 0.4) is 0 Å². The normalized spacial score (nSPS) is 15.6. The van der Waals surface area contributed by atoms with Crippen molar-refractivity contribution in [3.8, 4) is 0 Å². The molecular formula is C47H78N12O12. The monoisotopic (exact) mass is 1000 g/mol. The summed E-state index contributed by atoms with van der Waals surface area (Å²) in [5, 5.41) is 43.8. The third kappa shape index (κ3) is 25.3. The molecule has 3 heterocycles. The number of carbonyl (C=O) groups is 8. The third-order valence-corrected chi connectivity index (χ3v) is 12.3. The summed E-state index contributed by atoms with van der Waals surface area (Å²) in [6.07, 6.45) is 11.9. The Kier molecular flexibility index (Phi) is 27.8. The molecule has 3 rings (SSSR count). The van der Waals surface area contributed by atoms with Gasteiger partial charge in [0.25, 0.3) is 0 Å². The summed E-state index contributed by atoms with van der Waals surface area (Å²) in [4.78, 5) is 116. The molecule has 71 heavy (non-hydrogen) atoms. The van der Waals surface area contributed by atoms with Crippen LogP contribution in [0, 0.1) is 5.92 Å². The summed E-state index contributed by atoms with van der Waals surface area (Å²) < 4.78 is 3.06. The summed E-state index contributed by atoms with van der Waals surface area (Å²) in [7, 11) is 0. The first kappa shape index (κ1) is 59.6. The van der Waals surface area contributed by atoms with Gasteiger partial charge in [0.05, 0.1) is 45.3 Å². The Morgan fingerprint density at radius 1 is 0.606 bits per heavy atom. The Balaban J connectivity index is 1.55. The van der Waals surface area contributed by atoms with Gasteiger partial charge < -0.3 is 45.9 Å². The first-order valence-electron chi connectivity index (χ1n) is 24.7. The molecule has 0 bridgehead atoms. The molecule has 0 radical (unpaired) electrons. The van der Waals surface area contributed by atoms with E-state index >= 15 is 0 Å². The summed E-state index contributed by atoms with van der Waals surface area (Å²) >= 11 is 0. The molecule has 8 N–H and O–H groups in total. The van der Waals surface area contributed by atoms with Crippen molar-refractivity contribution in [2.45, 2.75) is 110 Å². The zero-order valence-corrected chi connectivity index (χ0v) is 41.6. The summed E-state index contributed by atoms with van der Waals surface area (Å²) in [6.45, 7) is 7.52. The van der Waals surface area contributed by atoms with Crippen LogP contribution >= 0.6 is 0 Å². The number of carboxylic acid groups (broad SMARTS) is 4. The number of aromatic nitrogens is 4. The predicted molar refractivity (Wildman–Crippen MR) is 260 cm³/mol. The van der Waals surface area contributed by atoms with Gasteiger partial charge in [-0.25, -0.2) is 9.97 Å². The molecule has 2 aromatic rings. The molecule has 0 saturated carbocycles. The van der Waals surface area contributed by atoms with Crippen molar-refractivity contribution >= 4 is 47.3 Å². The molecule has 398 valence electrons. The van der Waals surface area contributed by atoms with E-state index in [4.69, 9.17) is 5.73 Å². The number of nitrogens with two attached hydrogens (primary N) is 1. The van der Waals surface area contributed by atoms with Crippen LogP contribution in [0.15, 0.2) is 24.8 Å². The Morgan fingerprint density at radius 2 is 1.06 bits per heavy atom. The summed E-state index contributed by atoms with van der Waals surface area (Å²) in [5.74, 6) is -4.40. The molecule has 2 atom stereocenters. The SMILES string of the molecule is CCCCCNC(=O)[C@H](CCCCN(Cc1nccn1CC(=O)O)Cc1nccn1CC(=O)O)CC(=O)[C@@H](N)CCCCNC(=O)CN1CCN(CC(=O)O)CCN(CC(C)=O)CCN(CC(=O)O)CC1. The van der Waals surface area contributed by atoms with Gasteiger partial charge in [0.15, 0.2) is 0 Å². The van der Waals surface area contributed by atoms with Gasteiger partial charge in [-0.15, -0.1) is 0 Å². The van der Waals surface area contributed by atoms with E-state index in [1.54, 1.807) is 22.2 Å². The zero-order chi connectivity index (χ0) is 52.1. The fourth-order valence-electron chi connectivity index (χ4n) is 8.40. The van der Waals surface area contributed by atoms with Crippen LogP contribution < -0.4 is 16.4 Å². The molecule has 1 fully saturated rings. The van der Waals surface area contributed by atoms with E-state index in [0.717, 1.165) is 19.3 Å². The topological polar surface area (TPSA) is 319 Å². The van der Waals surface area contributed by atoms with E-state index in [0.29, 0.717) is 122 Å². The third-order valence-electron chi connectivity index (χ3n) is 12.3. The lowest BCUT2D eigenvalue weighted by molar-refractivity contribution is -0.139. The molecule has 0 spiro atoms. The van der Waals surface area contributed by atoms with Crippen molar-refractivity contribution in [3.05, 3.63) is 36.4 Å². The minimum atomic E-state index is -1.02. The van der Waals surface area contributed by atoms with Crippen molar-refractivity contribution < 1.29 is 58.8 Å². The highest BCUT2D eigenvalue weighted by molar-refractivity contribution is 5.89. The maximum absolute atomic E-state index is 13.5. The van der Waals surface area contributed by atoms with Gasteiger partial charge >= 0.3 is 23.9 Å². The second-order valence-corrected chi connectivity index (χ2v) is 18.3. The molecule has 2 aromatic heterocycles. The van der Waals surface area contributed by atoms with Crippen LogP contribution in [0.1, 0.15) is 89.7 Å². The maximum Gasteiger partial charge on any atom is 0.323 e. The number of unbranched alkanes of at least 4 members (excludes halogenated alkanes) is 4. The van der Waals surface area contributed by atoms with Gasteiger partial charge in [-0.2, -0.15) is 0 Å². The van der Waals surface area contributed by atoms with Crippen molar-refractivity contribution in [2.75, 3.05) is 98.2 Å². The van der Waals surface area contributed by atoms with Gasteiger partial charge in [0, 0.05) is 103 Å². The molecule has 0 unspecified atom stereocenters. The van der Waals surface area contributed by atoms with Gasteiger partial charge in [-0.05, 0) is 52.0 Å². The molecule has 1 aliphatic rings. The maximum atomic E-state index is 13.5. The van der Waals surface area contributed by atoms with Gasteiger partial charge in [0.1, 0.15) is 36.3 Å². The smallest absolute Gasteiger partial charge is 0.323 e. The number of nitrogens with zero attached hydrogens (tertiary/aromatic N) is 9. The number of aliphatic carboxylic acids is 4. The van der Waals surface area contributed by atoms with Crippen LogP contribution in [0.5, 0.6) is 0 Å². The minimum absolute atomic E-state index is 0.00650. The lowest BCUT2D eigenvalue weighted by atomic mass is 9.91. The number of Topliss-reactive ketones (excluding diaryl/α,β-unsaturated/α-hetero) is 2. The lowest BCUT2D eigenvalue weighted by Crippen LogP contribution is -2.49. The van der Waals surface area contributed by atoms with Crippen molar-refractivity contribution in [1.29, 1.82) is 0 Å². The van der Waals surface area contributed by atoms with Crippen LogP contribution in [0.4, 0.5) is 0 Å². The fourth-order valence-corrected chi connectivity index (χ4v) is 8.40. The van der Waals surface area contributed by atoms with Crippen molar-refractivity contribution in [3.63, 3.8) is 0 Å².